The van der Waals surface area contributed by atoms with E-state index in [9.17, 15) is 22.0 Å². The minimum atomic E-state index is -5.06. The summed E-state index contributed by atoms with van der Waals surface area (Å²) in [7, 11) is 0. The highest BCUT2D eigenvalue weighted by Gasteiger charge is 2.49. The summed E-state index contributed by atoms with van der Waals surface area (Å²) in [6.45, 7) is 5.17. The van der Waals surface area contributed by atoms with Crippen LogP contribution in [0.2, 0.25) is 0 Å². The molecular weight excluding hydrogens is 656 g/mol. The molecule has 6 heterocycles. The molecule has 3 saturated heterocycles. The van der Waals surface area contributed by atoms with Gasteiger partial charge in [-0.25, -0.2) is 18.2 Å². The number of ether oxygens (including phenoxy) is 3. The van der Waals surface area contributed by atoms with Crippen molar-refractivity contribution < 1.29 is 40.6 Å². The number of anilines is 2. The molecule has 4 aliphatic heterocycles. The molecule has 5 atom stereocenters. The summed E-state index contributed by atoms with van der Waals surface area (Å²) in [6.07, 6.45) is -2.54. The van der Waals surface area contributed by atoms with Crippen LogP contribution in [-0.2, 0) is 10.9 Å². The predicted octanol–water partition coefficient (Wildman–Crippen LogP) is 4.80. The zero-order valence-electron chi connectivity index (χ0n) is 27.0. The van der Waals surface area contributed by atoms with Crippen molar-refractivity contribution >= 4 is 22.4 Å². The van der Waals surface area contributed by atoms with Crippen LogP contribution in [-0.4, -0.2) is 96.3 Å². The summed E-state index contributed by atoms with van der Waals surface area (Å²) >= 11 is 0. The number of fused-ring (bicyclic) bond motifs is 5. The summed E-state index contributed by atoms with van der Waals surface area (Å²) < 4.78 is 106. The first kappa shape index (κ1) is 32.6. The average Bonchev–Trinajstić information content (AvgIpc) is 3.75. The van der Waals surface area contributed by atoms with Crippen LogP contribution < -0.4 is 25.4 Å². The SMILES string of the molecule is Cc1c(F)c(N)cc(-c2nc3c4c(nc(OCC5(CN6CCO[C@@H](CF)C6)CC5)nc4c2F)N2C[C@H]4CC[C@H](N4)[C@H]2[C@H](C)O3)c1C(F)(F)F. The van der Waals surface area contributed by atoms with E-state index in [1.165, 1.54) is 0 Å². The first-order valence-corrected chi connectivity index (χ1v) is 16.7. The second-order valence-corrected chi connectivity index (χ2v) is 14.1. The minimum Gasteiger partial charge on any atom is -0.472 e. The number of rotatable bonds is 7. The number of nitrogens with two attached hydrogens (primary N) is 1. The Morgan fingerprint density at radius 1 is 1.12 bits per heavy atom. The molecule has 1 aliphatic carbocycles. The summed E-state index contributed by atoms with van der Waals surface area (Å²) in [5, 5.41) is 3.73. The monoisotopic (exact) mass is 693 g/mol. The Morgan fingerprint density at radius 2 is 1.92 bits per heavy atom. The van der Waals surface area contributed by atoms with Crippen molar-refractivity contribution in [3.8, 4) is 23.1 Å². The summed E-state index contributed by atoms with van der Waals surface area (Å²) in [5.74, 6) is -2.21. The minimum absolute atomic E-state index is 0.0227. The largest absolute Gasteiger partial charge is 0.472 e. The maximum Gasteiger partial charge on any atom is 0.417 e. The summed E-state index contributed by atoms with van der Waals surface area (Å²) in [6, 6.07) is 0.535. The van der Waals surface area contributed by atoms with Gasteiger partial charge in [-0.05, 0) is 51.2 Å². The topological polar surface area (TPSA) is 111 Å². The number of nitrogens with one attached hydrogen (secondary N) is 1. The Balaban J connectivity index is 1.24. The molecule has 16 heteroatoms. The zero-order chi connectivity index (χ0) is 34.4. The molecule has 1 saturated carbocycles. The normalized spacial score (nSPS) is 27.5. The number of nitrogens with zero attached hydrogens (tertiary/aromatic N) is 5. The van der Waals surface area contributed by atoms with E-state index < -0.39 is 64.8 Å². The molecule has 4 fully saturated rings. The van der Waals surface area contributed by atoms with Gasteiger partial charge < -0.3 is 30.2 Å². The summed E-state index contributed by atoms with van der Waals surface area (Å²) in [5.41, 5.74) is 1.02. The molecule has 5 aliphatic rings. The van der Waals surface area contributed by atoms with E-state index in [2.05, 4.69) is 25.1 Å². The lowest BCUT2D eigenvalue weighted by molar-refractivity contribution is -0.137. The molecule has 1 aromatic carbocycles. The van der Waals surface area contributed by atoms with Crippen LogP contribution in [0.3, 0.4) is 0 Å². The van der Waals surface area contributed by atoms with Crippen molar-refractivity contribution in [3.63, 3.8) is 0 Å². The molecule has 2 aromatic heterocycles. The van der Waals surface area contributed by atoms with E-state index in [1.807, 2.05) is 6.92 Å². The fourth-order valence-electron chi connectivity index (χ4n) is 8.14. The third-order valence-corrected chi connectivity index (χ3v) is 10.7. The van der Waals surface area contributed by atoms with Crippen LogP contribution in [0.4, 0.5) is 37.8 Å². The van der Waals surface area contributed by atoms with Crippen molar-refractivity contribution in [1.29, 1.82) is 0 Å². The standard InChI is InChI=1S/C33H37F6N7O3/c1-15-23(33(37,38)39)19(9-20(40)24(15)35)26-25(36)27-22-29(46-11-17-3-4-21(41-17)28(46)16(2)49-30(22)42-26)44-31(43-27)48-14-32(5-6-32)13-45-7-8-47-18(10-34)12-45/h9,16-18,21,28,41H,3-8,10-14,40H2,1-2H3/t16-,17+,18-,21-,28+/m0/s1. The van der Waals surface area contributed by atoms with Gasteiger partial charge in [-0.3, -0.25) is 4.90 Å². The van der Waals surface area contributed by atoms with Gasteiger partial charge >= 0.3 is 12.2 Å². The number of hydrogen-bond acceptors (Lipinski definition) is 10. The number of nitrogen functional groups attached to an aromatic ring is 1. The van der Waals surface area contributed by atoms with Crippen LogP contribution >= 0.6 is 0 Å². The lowest BCUT2D eigenvalue weighted by Gasteiger charge is -2.42. The van der Waals surface area contributed by atoms with Gasteiger partial charge in [-0.15, -0.1) is 0 Å². The van der Waals surface area contributed by atoms with Gasteiger partial charge in [-0.1, -0.05) is 0 Å². The highest BCUT2D eigenvalue weighted by atomic mass is 19.4. The fourth-order valence-corrected chi connectivity index (χ4v) is 8.14. The van der Waals surface area contributed by atoms with Crippen molar-refractivity contribution in [1.82, 2.24) is 25.2 Å². The van der Waals surface area contributed by atoms with Gasteiger partial charge in [0.15, 0.2) is 5.82 Å². The maximum absolute atomic E-state index is 16.8. The van der Waals surface area contributed by atoms with E-state index in [1.54, 1.807) is 0 Å². The molecule has 49 heavy (non-hydrogen) atoms. The molecule has 0 radical (unpaired) electrons. The smallest absolute Gasteiger partial charge is 0.417 e. The number of halogens is 6. The van der Waals surface area contributed by atoms with Gasteiger partial charge in [0.25, 0.3) is 0 Å². The molecule has 8 rings (SSSR count). The highest BCUT2D eigenvalue weighted by molar-refractivity contribution is 5.97. The highest BCUT2D eigenvalue weighted by Crippen LogP contribution is 2.49. The number of benzene rings is 1. The molecule has 264 valence electrons. The van der Waals surface area contributed by atoms with Gasteiger partial charge in [0.2, 0.25) is 5.88 Å². The van der Waals surface area contributed by atoms with Crippen molar-refractivity contribution in [2.75, 3.05) is 56.7 Å². The zero-order valence-corrected chi connectivity index (χ0v) is 27.0. The molecule has 0 amide bonds. The second kappa shape index (κ2) is 11.7. The first-order chi connectivity index (χ1) is 23.4. The van der Waals surface area contributed by atoms with Crippen LogP contribution in [0.5, 0.6) is 11.9 Å². The van der Waals surface area contributed by atoms with E-state index in [4.69, 9.17) is 24.9 Å². The van der Waals surface area contributed by atoms with E-state index in [0.29, 0.717) is 38.6 Å². The number of morpholine rings is 1. The van der Waals surface area contributed by atoms with Crippen LogP contribution in [0.15, 0.2) is 6.07 Å². The van der Waals surface area contributed by atoms with Gasteiger partial charge in [0.05, 0.1) is 36.6 Å². The molecule has 3 N–H and O–H groups in total. The summed E-state index contributed by atoms with van der Waals surface area (Å²) in [4.78, 5) is 17.8. The molecule has 0 unspecified atom stereocenters. The second-order valence-electron chi connectivity index (χ2n) is 14.1. The number of piperazine rings is 1. The van der Waals surface area contributed by atoms with Gasteiger partial charge in [0.1, 0.15) is 41.0 Å². The Kier molecular flexibility index (Phi) is 7.79. The number of hydrogen-bond donors (Lipinski definition) is 2. The third kappa shape index (κ3) is 5.59. The Morgan fingerprint density at radius 3 is 2.65 bits per heavy atom. The lowest BCUT2D eigenvalue weighted by Crippen LogP contribution is -2.62. The third-order valence-electron chi connectivity index (χ3n) is 10.7. The number of pyridine rings is 1. The molecule has 0 spiro atoms. The fraction of sp³-hybridized carbons (Fsp3) is 0.606. The van der Waals surface area contributed by atoms with Crippen molar-refractivity contribution in [3.05, 3.63) is 28.8 Å². The van der Waals surface area contributed by atoms with Crippen LogP contribution in [0, 0.1) is 24.0 Å². The molecule has 2 bridgehead atoms. The van der Waals surface area contributed by atoms with E-state index in [0.717, 1.165) is 38.7 Å². The Bertz CT molecular complexity index is 1810. The predicted molar refractivity (Wildman–Crippen MR) is 167 cm³/mol. The lowest BCUT2D eigenvalue weighted by atomic mass is 9.96. The van der Waals surface area contributed by atoms with Crippen molar-refractivity contribution in [2.24, 2.45) is 5.41 Å². The van der Waals surface area contributed by atoms with E-state index >= 15 is 4.39 Å². The Labute approximate surface area is 278 Å². The molecular formula is C33H37F6N7O3. The van der Waals surface area contributed by atoms with E-state index in [-0.39, 0.29) is 52.9 Å². The van der Waals surface area contributed by atoms with Crippen molar-refractivity contribution in [2.45, 2.75) is 76.0 Å². The van der Waals surface area contributed by atoms with Crippen LogP contribution in [0.1, 0.15) is 43.7 Å². The quantitative estimate of drug-likeness (QED) is 0.265. The van der Waals surface area contributed by atoms with Gasteiger partial charge in [-0.2, -0.15) is 23.1 Å². The van der Waals surface area contributed by atoms with Crippen LogP contribution in [0.25, 0.3) is 22.2 Å². The molecule has 3 aromatic rings. The maximum atomic E-state index is 16.8. The Hall–Kier alpha value is -3.63. The first-order valence-electron chi connectivity index (χ1n) is 16.7. The molecule has 10 nitrogen and oxygen atoms in total. The van der Waals surface area contributed by atoms with Gasteiger partial charge in [0, 0.05) is 49.2 Å². The average molecular weight is 694 g/mol. The number of aromatic nitrogens is 3. The number of alkyl halides is 4.